The molecule has 1 atom stereocenters. The van der Waals surface area contributed by atoms with Gasteiger partial charge in [-0.3, -0.25) is 14.2 Å². The second-order valence-electron chi connectivity index (χ2n) is 9.12. The number of anilines is 1. The lowest BCUT2D eigenvalue weighted by Gasteiger charge is -2.24. The van der Waals surface area contributed by atoms with Crippen molar-refractivity contribution in [3.63, 3.8) is 0 Å². The van der Waals surface area contributed by atoms with Crippen molar-refractivity contribution in [2.45, 2.75) is 13.0 Å². The first-order valence-electron chi connectivity index (χ1n) is 12.4. The predicted molar refractivity (Wildman–Crippen MR) is 159 cm³/mol. The number of nitrogens with zero attached hydrogens (tertiary/aromatic N) is 2. The van der Waals surface area contributed by atoms with Gasteiger partial charge in [-0.25, -0.2) is 9.79 Å². The molecule has 2 aromatic carbocycles. The zero-order valence-corrected chi connectivity index (χ0v) is 23.7. The van der Waals surface area contributed by atoms with Gasteiger partial charge in [0.1, 0.15) is 17.6 Å². The Bertz CT molecular complexity index is 2020. The van der Waals surface area contributed by atoms with E-state index in [9.17, 15) is 19.5 Å². The summed E-state index contributed by atoms with van der Waals surface area (Å²) in [6.07, 6.45) is 1.63. The number of carboxylic acids is 1. The first-order chi connectivity index (χ1) is 19.8. The van der Waals surface area contributed by atoms with Crippen LogP contribution in [0.2, 0.25) is 5.02 Å². The van der Waals surface area contributed by atoms with Gasteiger partial charge in [-0.2, -0.15) is 0 Å². The van der Waals surface area contributed by atoms with Crippen LogP contribution in [0.3, 0.4) is 0 Å². The van der Waals surface area contributed by atoms with Crippen molar-refractivity contribution in [2.75, 3.05) is 5.32 Å². The summed E-state index contributed by atoms with van der Waals surface area (Å²) >= 11 is 8.80. The number of thiazole rings is 1. The van der Waals surface area contributed by atoms with Crippen LogP contribution in [0.4, 0.5) is 5.69 Å². The lowest BCUT2D eigenvalue weighted by molar-refractivity contribution is -0.113. The van der Waals surface area contributed by atoms with Crippen LogP contribution in [-0.4, -0.2) is 21.6 Å². The molecular formula is C30H20ClN3O5S2. The number of fused-ring (bicyclic) bond motifs is 1. The van der Waals surface area contributed by atoms with Gasteiger partial charge in [-0.05, 0) is 54.8 Å². The second-order valence-corrected chi connectivity index (χ2v) is 11.5. The number of benzene rings is 2. The number of hydrogen-bond acceptors (Lipinski definition) is 7. The van der Waals surface area contributed by atoms with Gasteiger partial charge >= 0.3 is 5.97 Å². The van der Waals surface area contributed by atoms with Crippen molar-refractivity contribution in [2.24, 2.45) is 4.99 Å². The molecule has 6 rings (SSSR count). The molecule has 1 amide bonds. The van der Waals surface area contributed by atoms with E-state index < -0.39 is 12.0 Å². The highest BCUT2D eigenvalue weighted by Gasteiger charge is 2.33. The van der Waals surface area contributed by atoms with Crippen LogP contribution < -0.4 is 20.2 Å². The molecule has 0 saturated carbocycles. The molecule has 5 aromatic rings. The minimum absolute atomic E-state index is 0.00397. The Morgan fingerprint density at radius 1 is 1.10 bits per heavy atom. The smallest absolute Gasteiger partial charge is 0.337 e. The van der Waals surface area contributed by atoms with E-state index in [2.05, 4.69) is 10.3 Å². The molecule has 0 aliphatic carbocycles. The SMILES string of the molecule is CC1=C(C(=O)Nc2ccccc2)[C@H](c2cccs2)n2c(s/c(=C\c3ccc(-c4ccc(C(=O)O)c(Cl)c4)o3)c2=O)=N1. The van der Waals surface area contributed by atoms with E-state index in [-0.39, 0.29) is 22.1 Å². The summed E-state index contributed by atoms with van der Waals surface area (Å²) in [5.41, 5.74) is 1.88. The molecule has 1 aliphatic rings. The van der Waals surface area contributed by atoms with E-state index in [1.54, 1.807) is 47.9 Å². The molecule has 8 nitrogen and oxygen atoms in total. The Labute approximate surface area is 245 Å². The molecule has 0 radical (unpaired) electrons. The van der Waals surface area contributed by atoms with Crippen molar-refractivity contribution in [3.8, 4) is 11.3 Å². The number of thiophene rings is 1. The van der Waals surface area contributed by atoms with Crippen molar-refractivity contribution in [1.29, 1.82) is 0 Å². The van der Waals surface area contributed by atoms with Crippen LogP contribution in [0.1, 0.15) is 34.0 Å². The number of carbonyl (C=O) groups is 2. The number of para-hydroxylation sites is 1. The molecule has 0 bridgehead atoms. The molecule has 4 heterocycles. The minimum Gasteiger partial charge on any atom is -0.478 e. The van der Waals surface area contributed by atoms with Crippen LogP contribution in [0, 0.1) is 0 Å². The first-order valence-corrected chi connectivity index (χ1v) is 14.4. The van der Waals surface area contributed by atoms with Gasteiger partial charge in [-0.1, -0.05) is 53.3 Å². The maximum absolute atomic E-state index is 13.8. The summed E-state index contributed by atoms with van der Waals surface area (Å²) in [6, 6.07) is 20.3. The summed E-state index contributed by atoms with van der Waals surface area (Å²) in [7, 11) is 0. The highest BCUT2D eigenvalue weighted by atomic mass is 35.5. The zero-order valence-electron chi connectivity index (χ0n) is 21.3. The number of nitrogens with one attached hydrogen (secondary N) is 1. The van der Waals surface area contributed by atoms with Crippen LogP contribution in [0.5, 0.6) is 0 Å². The number of carbonyl (C=O) groups excluding carboxylic acids is 1. The number of rotatable bonds is 6. The molecule has 3 aromatic heterocycles. The standard InChI is InChI=1S/C30H20ClN3O5S2/c1-16-25(27(35)33-18-6-3-2-4-7-18)26(23-8-5-13-40-23)34-28(36)24(41-30(34)32-16)15-19-10-12-22(39-19)17-9-11-20(29(37)38)21(31)14-17/h2-15,26H,1H3,(H,33,35)(H,37,38)/b24-15-/t26-/m0/s1. The van der Waals surface area contributed by atoms with Gasteiger partial charge < -0.3 is 14.8 Å². The molecule has 0 fully saturated rings. The van der Waals surface area contributed by atoms with E-state index in [0.29, 0.717) is 43.4 Å². The van der Waals surface area contributed by atoms with E-state index >= 15 is 0 Å². The number of aromatic nitrogens is 1. The molecule has 2 N–H and O–H groups in total. The van der Waals surface area contributed by atoms with E-state index in [0.717, 1.165) is 4.88 Å². The van der Waals surface area contributed by atoms with Crippen molar-refractivity contribution in [3.05, 3.63) is 130 Å². The Morgan fingerprint density at radius 2 is 1.90 bits per heavy atom. The largest absolute Gasteiger partial charge is 0.478 e. The fourth-order valence-electron chi connectivity index (χ4n) is 4.60. The van der Waals surface area contributed by atoms with Crippen LogP contribution in [-0.2, 0) is 4.79 Å². The number of hydrogen-bond donors (Lipinski definition) is 2. The first kappa shape index (κ1) is 26.7. The minimum atomic E-state index is -1.12. The van der Waals surface area contributed by atoms with Crippen LogP contribution in [0.15, 0.2) is 104 Å². The molecule has 41 heavy (non-hydrogen) atoms. The third-order valence-corrected chi connectivity index (χ3v) is 8.72. The van der Waals surface area contributed by atoms with Gasteiger partial charge in [0.05, 0.1) is 26.4 Å². The lowest BCUT2D eigenvalue weighted by atomic mass is 10.0. The monoisotopic (exact) mass is 601 g/mol. The maximum atomic E-state index is 13.8. The average molecular weight is 602 g/mol. The highest BCUT2D eigenvalue weighted by Crippen LogP contribution is 2.33. The normalized spacial score (nSPS) is 15.0. The molecule has 11 heteroatoms. The lowest BCUT2D eigenvalue weighted by Crippen LogP contribution is -2.40. The van der Waals surface area contributed by atoms with E-state index in [1.807, 2.05) is 35.7 Å². The third kappa shape index (κ3) is 5.08. The number of furan rings is 1. The fraction of sp³-hybridized carbons (Fsp3) is 0.0667. The number of aromatic carboxylic acids is 1. The molecule has 0 unspecified atom stereocenters. The Balaban J connectivity index is 1.40. The maximum Gasteiger partial charge on any atom is 0.337 e. The number of amides is 1. The molecule has 0 spiro atoms. The summed E-state index contributed by atoms with van der Waals surface area (Å²) in [5, 5.41) is 14.2. The van der Waals surface area contributed by atoms with Crippen molar-refractivity contribution >= 4 is 57.9 Å². The van der Waals surface area contributed by atoms with Crippen LogP contribution >= 0.6 is 34.3 Å². The van der Waals surface area contributed by atoms with E-state index in [1.165, 1.54) is 34.8 Å². The summed E-state index contributed by atoms with van der Waals surface area (Å²) in [6.45, 7) is 1.77. The molecule has 204 valence electrons. The zero-order chi connectivity index (χ0) is 28.7. The van der Waals surface area contributed by atoms with Crippen molar-refractivity contribution < 1.29 is 19.1 Å². The summed E-state index contributed by atoms with van der Waals surface area (Å²) < 4.78 is 7.91. The van der Waals surface area contributed by atoms with E-state index in [4.69, 9.17) is 16.0 Å². The Hall–Kier alpha value is -4.51. The predicted octanol–water partition coefficient (Wildman–Crippen LogP) is 5.55. The second kappa shape index (κ2) is 10.8. The fourth-order valence-corrected chi connectivity index (χ4v) is 6.72. The summed E-state index contributed by atoms with van der Waals surface area (Å²) in [5.74, 6) is -0.550. The van der Waals surface area contributed by atoms with Crippen molar-refractivity contribution in [1.82, 2.24) is 4.57 Å². The number of carboxylic acid groups (broad SMARTS) is 1. The number of halogens is 1. The summed E-state index contributed by atoms with van der Waals surface area (Å²) in [4.78, 5) is 44.6. The average Bonchev–Trinajstić information content (AvgIpc) is 3.70. The van der Waals surface area contributed by atoms with Crippen LogP contribution in [0.25, 0.3) is 17.4 Å². The Kier molecular flexibility index (Phi) is 7.04. The third-order valence-electron chi connectivity index (χ3n) is 6.49. The Morgan fingerprint density at radius 3 is 2.61 bits per heavy atom. The topological polar surface area (TPSA) is 114 Å². The van der Waals surface area contributed by atoms with Gasteiger partial charge in [0.25, 0.3) is 11.5 Å². The van der Waals surface area contributed by atoms with Gasteiger partial charge in [-0.15, -0.1) is 11.3 Å². The van der Waals surface area contributed by atoms with Gasteiger partial charge in [0.2, 0.25) is 0 Å². The molecule has 0 saturated heterocycles. The van der Waals surface area contributed by atoms with Gasteiger partial charge in [0.15, 0.2) is 4.80 Å². The quantitative estimate of drug-likeness (QED) is 0.265. The molecular weight excluding hydrogens is 582 g/mol. The van der Waals surface area contributed by atoms with Gasteiger partial charge in [0, 0.05) is 22.2 Å². The number of allylic oxidation sites excluding steroid dienone is 1. The molecule has 1 aliphatic heterocycles. The highest BCUT2D eigenvalue weighted by molar-refractivity contribution is 7.10.